The molecule has 0 aliphatic heterocycles. The molecular formula is C15H26F3NO. The van der Waals surface area contributed by atoms with Gasteiger partial charge in [0, 0.05) is 18.7 Å². The number of hydrogen-bond donors (Lipinski definition) is 1. The number of alkyl halides is 3. The van der Waals surface area contributed by atoms with E-state index >= 15 is 0 Å². The van der Waals surface area contributed by atoms with E-state index in [2.05, 4.69) is 26.1 Å². The Bertz CT molecular complexity index is 325. The highest BCUT2D eigenvalue weighted by atomic mass is 19.4. The fourth-order valence-corrected chi connectivity index (χ4v) is 3.37. The Labute approximate surface area is 119 Å². The second-order valence-corrected chi connectivity index (χ2v) is 7.69. The predicted octanol–water partition coefficient (Wildman–Crippen LogP) is 3.76. The van der Waals surface area contributed by atoms with Gasteiger partial charge in [0.2, 0.25) is 0 Å². The molecule has 0 aromatic carbocycles. The summed E-state index contributed by atoms with van der Waals surface area (Å²) in [6, 6.07) is 0. The Balaban J connectivity index is 1.79. The third-order valence-corrected chi connectivity index (χ3v) is 4.50. The Morgan fingerprint density at radius 1 is 1.15 bits per heavy atom. The molecule has 118 valence electrons. The Kier molecular flexibility index (Phi) is 4.41. The van der Waals surface area contributed by atoms with E-state index in [0.717, 1.165) is 37.6 Å². The maximum Gasteiger partial charge on any atom is 0.411 e. The molecule has 2 atom stereocenters. The lowest BCUT2D eigenvalue weighted by Crippen LogP contribution is -2.44. The van der Waals surface area contributed by atoms with E-state index in [1.807, 2.05) is 0 Å². The van der Waals surface area contributed by atoms with Crippen molar-refractivity contribution in [2.45, 2.75) is 58.2 Å². The van der Waals surface area contributed by atoms with Gasteiger partial charge in [0.25, 0.3) is 0 Å². The average molecular weight is 293 g/mol. The second kappa shape index (κ2) is 5.48. The van der Waals surface area contributed by atoms with Crippen LogP contribution in [0.4, 0.5) is 13.2 Å². The van der Waals surface area contributed by atoms with Crippen molar-refractivity contribution in [2.24, 2.45) is 17.3 Å². The first-order valence-electron chi connectivity index (χ1n) is 7.48. The fourth-order valence-electron chi connectivity index (χ4n) is 3.37. The van der Waals surface area contributed by atoms with Crippen LogP contribution in [0.1, 0.15) is 46.5 Å². The molecule has 0 bridgehead atoms. The topological polar surface area (TPSA) is 21.3 Å². The third kappa shape index (κ3) is 4.92. The van der Waals surface area contributed by atoms with Crippen LogP contribution in [0.15, 0.2) is 0 Å². The Hall–Kier alpha value is -0.290. The summed E-state index contributed by atoms with van der Waals surface area (Å²) < 4.78 is 41.1. The van der Waals surface area contributed by atoms with E-state index in [9.17, 15) is 13.2 Å². The van der Waals surface area contributed by atoms with E-state index in [1.165, 1.54) is 6.42 Å². The van der Waals surface area contributed by atoms with Gasteiger partial charge in [0.1, 0.15) is 6.61 Å². The van der Waals surface area contributed by atoms with Crippen LogP contribution in [0.3, 0.4) is 0 Å². The van der Waals surface area contributed by atoms with E-state index in [4.69, 9.17) is 4.74 Å². The van der Waals surface area contributed by atoms with Crippen LogP contribution < -0.4 is 5.32 Å². The largest absolute Gasteiger partial charge is 0.411 e. The summed E-state index contributed by atoms with van der Waals surface area (Å²) in [4.78, 5) is 0. The maximum atomic E-state index is 12.1. The van der Waals surface area contributed by atoms with Crippen LogP contribution in [0.5, 0.6) is 0 Å². The van der Waals surface area contributed by atoms with Crippen LogP contribution in [-0.2, 0) is 4.74 Å². The van der Waals surface area contributed by atoms with Crippen LogP contribution in [0.25, 0.3) is 0 Å². The lowest BCUT2D eigenvalue weighted by Gasteiger charge is -2.35. The third-order valence-electron chi connectivity index (χ3n) is 4.50. The summed E-state index contributed by atoms with van der Waals surface area (Å²) in [5.74, 6) is 1.64. The highest BCUT2D eigenvalue weighted by Crippen LogP contribution is 2.60. The van der Waals surface area contributed by atoms with E-state index in [1.54, 1.807) is 0 Å². The molecule has 0 spiro atoms. The van der Waals surface area contributed by atoms with Gasteiger partial charge in [-0.2, -0.15) is 13.2 Å². The fraction of sp³-hybridized carbons (Fsp3) is 1.00. The molecule has 1 N–H and O–H groups in total. The second-order valence-electron chi connectivity index (χ2n) is 7.69. The highest BCUT2D eigenvalue weighted by Gasteiger charge is 2.53. The maximum absolute atomic E-state index is 12.1. The molecule has 2 fully saturated rings. The first kappa shape index (κ1) is 16.1. The lowest BCUT2D eigenvalue weighted by molar-refractivity contribution is -0.175. The monoisotopic (exact) mass is 293 g/mol. The van der Waals surface area contributed by atoms with E-state index < -0.39 is 12.8 Å². The molecule has 0 aromatic heterocycles. The van der Waals surface area contributed by atoms with Gasteiger partial charge in [-0.25, -0.2) is 0 Å². The van der Waals surface area contributed by atoms with Gasteiger partial charge in [-0.05, 0) is 63.7 Å². The van der Waals surface area contributed by atoms with Crippen molar-refractivity contribution in [1.82, 2.24) is 5.32 Å². The van der Waals surface area contributed by atoms with Gasteiger partial charge in [-0.15, -0.1) is 0 Å². The molecule has 0 aromatic rings. The predicted molar refractivity (Wildman–Crippen MR) is 72.5 cm³/mol. The normalized spacial score (nSPS) is 33.3. The number of ether oxygens (including phenoxy) is 1. The quantitative estimate of drug-likeness (QED) is 0.753. The zero-order chi connectivity index (χ0) is 15.0. The summed E-state index contributed by atoms with van der Waals surface area (Å²) in [5.41, 5.74) is 0.194. The van der Waals surface area contributed by atoms with Crippen molar-refractivity contribution in [3.63, 3.8) is 0 Å². The molecule has 2 unspecified atom stereocenters. The minimum atomic E-state index is -4.21. The van der Waals surface area contributed by atoms with Crippen molar-refractivity contribution in [1.29, 1.82) is 0 Å². The summed E-state index contributed by atoms with van der Waals surface area (Å²) >= 11 is 0. The van der Waals surface area contributed by atoms with Gasteiger partial charge in [0.15, 0.2) is 0 Å². The minimum Gasteiger partial charge on any atom is -0.372 e. The zero-order valence-electron chi connectivity index (χ0n) is 12.6. The Morgan fingerprint density at radius 2 is 1.75 bits per heavy atom. The van der Waals surface area contributed by atoms with Gasteiger partial charge in [-0.3, -0.25) is 0 Å². The number of nitrogens with one attached hydrogen (secondary N) is 1. The van der Waals surface area contributed by atoms with E-state index in [0.29, 0.717) is 0 Å². The molecule has 2 nitrogen and oxygen atoms in total. The van der Waals surface area contributed by atoms with Crippen molar-refractivity contribution in [2.75, 3.05) is 19.8 Å². The van der Waals surface area contributed by atoms with Crippen LogP contribution in [-0.4, -0.2) is 31.5 Å². The molecule has 0 heterocycles. The molecule has 2 aliphatic rings. The molecule has 0 radical (unpaired) electrons. The molecule has 2 saturated carbocycles. The molecule has 0 amide bonds. The van der Waals surface area contributed by atoms with Gasteiger partial charge in [0.05, 0.1) is 0 Å². The molecule has 2 aliphatic carbocycles. The van der Waals surface area contributed by atoms with Crippen molar-refractivity contribution >= 4 is 0 Å². The number of halogens is 3. The average Bonchev–Trinajstić information content (AvgIpc) is 2.89. The van der Waals surface area contributed by atoms with Crippen molar-refractivity contribution < 1.29 is 17.9 Å². The molecule has 20 heavy (non-hydrogen) atoms. The van der Waals surface area contributed by atoms with Crippen molar-refractivity contribution in [3.05, 3.63) is 0 Å². The minimum absolute atomic E-state index is 0.0482. The van der Waals surface area contributed by atoms with Gasteiger partial charge >= 0.3 is 6.18 Å². The summed E-state index contributed by atoms with van der Waals surface area (Å²) in [6.45, 7) is 6.34. The molecule has 0 saturated heterocycles. The summed E-state index contributed by atoms with van der Waals surface area (Å²) in [6.07, 6.45) is 0.140. The van der Waals surface area contributed by atoms with Crippen molar-refractivity contribution in [3.8, 4) is 0 Å². The van der Waals surface area contributed by atoms with Crippen LogP contribution in [0.2, 0.25) is 0 Å². The standard InChI is InChI=1S/C15H26F3NO/c1-13(2,3)19-9-14(7-11-6-12(11)8-14)4-5-20-10-15(16,17)18/h11-12,19H,4-10H2,1-3H3. The van der Waals surface area contributed by atoms with Crippen LogP contribution >= 0.6 is 0 Å². The van der Waals surface area contributed by atoms with Crippen LogP contribution in [0, 0.1) is 17.3 Å². The lowest BCUT2D eigenvalue weighted by atomic mass is 9.79. The number of fused-ring (bicyclic) bond motifs is 1. The smallest absolute Gasteiger partial charge is 0.372 e. The number of hydrogen-bond acceptors (Lipinski definition) is 2. The van der Waals surface area contributed by atoms with E-state index in [-0.39, 0.29) is 17.6 Å². The number of rotatable bonds is 6. The Morgan fingerprint density at radius 3 is 2.25 bits per heavy atom. The zero-order valence-corrected chi connectivity index (χ0v) is 12.6. The SMILES string of the molecule is CC(C)(C)NCC1(CCOCC(F)(F)F)CC2CC2C1. The molecule has 5 heteroatoms. The summed E-state index contributed by atoms with van der Waals surface area (Å²) in [5, 5.41) is 3.53. The molecule has 2 rings (SSSR count). The first-order chi connectivity index (χ1) is 9.09. The highest BCUT2D eigenvalue weighted by molar-refractivity contribution is 5.04. The van der Waals surface area contributed by atoms with Gasteiger partial charge < -0.3 is 10.1 Å². The summed E-state index contributed by atoms with van der Waals surface area (Å²) in [7, 11) is 0. The first-order valence-corrected chi connectivity index (χ1v) is 7.48. The van der Waals surface area contributed by atoms with Gasteiger partial charge in [-0.1, -0.05) is 0 Å². The molecular weight excluding hydrogens is 267 g/mol.